The van der Waals surface area contributed by atoms with Crippen molar-refractivity contribution in [3.63, 3.8) is 0 Å². The Hall–Kier alpha value is -4.25. The number of benzene rings is 1. The van der Waals surface area contributed by atoms with Crippen molar-refractivity contribution in [2.45, 2.75) is 45.6 Å². The Morgan fingerprint density at radius 1 is 1.18 bits per heavy atom. The fraction of sp³-hybridized carbons (Fsp3) is 0.379. The molecule has 1 aliphatic carbocycles. The maximum absolute atomic E-state index is 15.0. The third kappa shape index (κ3) is 4.30. The van der Waals surface area contributed by atoms with Crippen LogP contribution in [0.5, 0.6) is 0 Å². The number of fused-ring (bicyclic) bond motifs is 3. The lowest BCUT2D eigenvalue weighted by molar-refractivity contribution is -0.120. The number of likely N-dealkylation sites (N-methyl/N-ethyl adjacent to an activating group) is 1. The van der Waals surface area contributed by atoms with Crippen LogP contribution in [-0.2, 0) is 18.9 Å². The molecule has 1 aliphatic rings. The van der Waals surface area contributed by atoms with E-state index < -0.39 is 18.5 Å². The molecule has 0 radical (unpaired) electrons. The van der Waals surface area contributed by atoms with Crippen molar-refractivity contribution in [1.29, 1.82) is 0 Å². The molecule has 6 rings (SSSR count). The zero-order chi connectivity index (χ0) is 28.7. The van der Waals surface area contributed by atoms with Crippen LogP contribution in [0.3, 0.4) is 0 Å². The van der Waals surface area contributed by atoms with Gasteiger partial charge in [-0.15, -0.1) is 5.10 Å². The molecule has 1 amide bonds. The average Bonchev–Trinajstić information content (AvgIpc) is 3.75. The first-order valence-corrected chi connectivity index (χ1v) is 13.6. The molecule has 1 fully saturated rings. The van der Waals surface area contributed by atoms with Crippen LogP contribution in [0.1, 0.15) is 45.6 Å². The van der Waals surface area contributed by atoms with Gasteiger partial charge >= 0.3 is 5.69 Å². The van der Waals surface area contributed by atoms with Crippen molar-refractivity contribution >= 4 is 33.7 Å². The fourth-order valence-electron chi connectivity index (χ4n) is 5.70. The number of hydrogen-bond donors (Lipinski definition) is 2. The van der Waals surface area contributed by atoms with Gasteiger partial charge in [-0.3, -0.25) is 18.6 Å². The number of aliphatic hydroxyl groups excluding tert-OH is 1. The van der Waals surface area contributed by atoms with Crippen molar-refractivity contribution in [2.75, 3.05) is 18.6 Å². The third-order valence-corrected chi connectivity index (χ3v) is 7.67. The molecule has 40 heavy (non-hydrogen) atoms. The summed E-state index contributed by atoms with van der Waals surface area (Å²) in [6.07, 6.45) is 7.27. The number of aliphatic hydroxyl groups is 1. The standard InChI is InChI=1S/C27H28FN7O3.C2H6/c1-32-13-18(25(28)31-32)23-21(15-8-10-16(11-9-15)33(2)20(37)14-36)22-24-19(12-29-26(22)30-23)34(3)27(38)35(24)17-6-4-5-7-17;1-2/h8-13,17,36H,4-7,14H2,1-3H3,(H,29,30);1-2H3. The van der Waals surface area contributed by atoms with E-state index in [0.29, 0.717) is 28.1 Å². The normalized spacial score (nSPS) is 13.7. The summed E-state index contributed by atoms with van der Waals surface area (Å²) < 4.78 is 19.9. The van der Waals surface area contributed by atoms with Gasteiger partial charge in [0.1, 0.15) is 12.3 Å². The minimum atomic E-state index is -0.623. The lowest BCUT2D eigenvalue weighted by Gasteiger charge is -2.16. The molecule has 1 saturated carbocycles. The Balaban J connectivity index is 0.00000158. The van der Waals surface area contributed by atoms with E-state index in [1.165, 1.54) is 9.58 Å². The van der Waals surface area contributed by atoms with E-state index in [9.17, 15) is 14.7 Å². The highest BCUT2D eigenvalue weighted by molar-refractivity contribution is 6.14. The first kappa shape index (κ1) is 27.3. The molecule has 210 valence electrons. The van der Waals surface area contributed by atoms with Crippen molar-refractivity contribution in [2.24, 2.45) is 14.1 Å². The van der Waals surface area contributed by atoms with Crippen molar-refractivity contribution < 1.29 is 14.3 Å². The number of pyridine rings is 1. The Morgan fingerprint density at radius 3 is 2.45 bits per heavy atom. The number of nitrogens with one attached hydrogen (secondary N) is 1. The second kappa shape index (κ2) is 10.7. The van der Waals surface area contributed by atoms with E-state index in [0.717, 1.165) is 42.1 Å². The van der Waals surface area contributed by atoms with Crippen molar-refractivity contribution in [3.05, 3.63) is 53.1 Å². The number of amides is 1. The van der Waals surface area contributed by atoms with Crippen LogP contribution >= 0.6 is 0 Å². The van der Waals surface area contributed by atoms with E-state index in [1.807, 2.05) is 30.5 Å². The molecule has 0 atom stereocenters. The molecule has 5 aromatic rings. The molecule has 10 nitrogen and oxygen atoms in total. The van der Waals surface area contributed by atoms with Crippen LogP contribution in [0.25, 0.3) is 44.5 Å². The summed E-state index contributed by atoms with van der Waals surface area (Å²) in [6.45, 7) is 3.40. The number of nitrogens with zero attached hydrogens (tertiary/aromatic N) is 6. The Bertz CT molecular complexity index is 1750. The second-order valence-electron chi connectivity index (χ2n) is 9.91. The van der Waals surface area contributed by atoms with Crippen LogP contribution in [-0.4, -0.2) is 53.6 Å². The second-order valence-corrected chi connectivity index (χ2v) is 9.91. The number of aromatic amines is 1. The Labute approximate surface area is 230 Å². The molecule has 4 heterocycles. The van der Waals surface area contributed by atoms with Gasteiger partial charge in [-0.05, 0) is 30.5 Å². The molecule has 0 unspecified atom stereocenters. The number of aryl methyl sites for hydroxylation is 2. The van der Waals surface area contributed by atoms with E-state index in [4.69, 9.17) is 0 Å². The first-order chi connectivity index (χ1) is 19.3. The van der Waals surface area contributed by atoms with Gasteiger partial charge in [-0.1, -0.05) is 38.8 Å². The van der Waals surface area contributed by atoms with Gasteiger partial charge in [0.15, 0.2) is 0 Å². The zero-order valence-electron chi connectivity index (χ0n) is 23.4. The van der Waals surface area contributed by atoms with Crippen LogP contribution < -0.4 is 10.6 Å². The number of halogens is 1. The molecule has 2 N–H and O–H groups in total. The fourth-order valence-corrected chi connectivity index (χ4v) is 5.70. The number of anilines is 1. The quantitative estimate of drug-likeness (QED) is 0.336. The summed E-state index contributed by atoms with van der Waals surface area (Å²) in [5.74, 6) is -1.05. The van der Waals surface area contributed by atoms with Crippen LogP contribution in [0.15, 0.2) is 41.5 Å². The lowest BCUT2D eigenvalue weighted by atomic mass is 9.99. The highest BCUT2D eigenvalue weighted by Gasteiger charge is 2.28. The maximum atomic E-state index is 15.0. The van der Waals surface area contributed by atoms with E-state index >= 15 is 4.39 Å². The number of aromatic nitrogens is 6. The summed E-state index contributed by atoms with van der Waals surface area (Å²) in [5, 5.41) is 13.9. The van der Waals surface area contributed by atoms with Gasteiger partial charge in [0.25, 0.3) is 5.91 Å². The summed E-state index contributed by atoms with van der Waals surface area (Å²) in [7, 11) is 5.00. The summed E-state index contributed by atoms with van der Waals surface area (Å²) in [6, 6.07) is 7.31. The minimum absolute atomic E-state index is 0.0821. The number of carbonyl (C=O) groups excluding carboxylic acids is 1. The Kier molecular flexibility index (Phi) is 7.33. The highest BCUT2D eigenvalue weighted by Crippen LogP contribution is 2.43. The molecule has 0 spiro atoms. The first-order valence-electron chi connectivity index (χ1n) is 13.6. The third-order valence-electron chi connectivity index (χ3n) is 7.67. The van der Waals surface area contributed by atoms with E-state index in [2.05, 4.69) is 15.1 Å². The summed E-state index contributed by atoms with van der Waals surface area (Å²) >= 11 is 0. The SMILES string of the molecule is CC.CN(C(=O)CO)c1ccc(-c2c(-c3cn(C)nc3F)[nH]c3ncc4c(c23)n(C2CCCC2)c(=O)n4C)cc1. The monoisotopic (exact) mass is 547 g/mol. The largest absolute Gasteiger partial charge is 0.387 e. The molecule has 4 aromatic heterocycles. The number of imidazole rings is 1. The number of carbonyl (C=O) groups is 1. The van der Waals surface area contributed by atoms with Crippen LogP contribution in [0, 0.1) is 5.95 Å². The average molecular weight is 548 g/mol. The molecule has 1 aromatic carbocycles. The smallest absolute Gasteiger partial charge is 0.329 e. The van der Waals surface area contributed by atoms with Gasteiger partial charge in [0.2, 0.25) is 5.95 Å². The maximum Gasteiger partial charge on any atom is 0.329 e. The van der Waals surface area contributed by atoms with Gasteiger partial charge in [0.05, 0.1) is 33.9 Å². The topological polar surface area (TPSA) is 114 Å². The molecule has 0 bridgehead atoms. The zero-order valence-corrected chi connectivity index (χ0v) is 23.4. The molecule has 11 heteroatoms. The van der Waals surface area contributed by atoms with E-state index in [-0.39, 0.29) is 17.3 Å². The van der Waals surface area contributed by atoms with E-state index in [1.54, 1.807) is 50.2 Å². The van der Waals surface area contributed by atoms with Crippen molar-refractivity contribution in [1.82, 2.24) is 28.9 Å². The summed E-state index contributed by atoms with van der Waals surface area (Å²) in [4.78, 5) is 34.8. The highest BCUT2D eigenvalue weighted by atomic mass is 19.1. The van der Waals surface area contributed by atoms with Gasteiger partial charge in [-0.2, -0.15) is 4.39 Å². The molecular weight excluding hydrogens is 513 g/mol. The van der Waals surface area contributed by atoms with Gasteiger partial charge in [-0.25, -0.2) is 9.78 Å². The molecule has 0 aliphatic heterocycles. The molecular formula is C29H34FN7O3. The Morgan fingerprint density at radius 2 is 1.85 bits per heavy atom. The van der Waals surface area contributed by atoms with Crippen molar-refractivity contribution in [3.8, 4) is 22.4 Å². The predicted molar refractivity (Wildman–Crippen MR) is 154 cm³/mol. The summed E-state index contributed by atoms with van der Waals surface area (Å²) in [5.41, 5.74) is 4.78. The lowest BCUT2D eigenvalue weighted by Crippen LogP contribution is -2.28. The minimum Gasteiger partial charge on any atom is -0.387 e. The number of hydrogen-bond acceptors (Lipinski definition) is 5. The van der Waals surface area contributed by atoms with Crippen LogP contribution in [0.4, 0.5) is 10.1 Å². The van der Waals surface area contributed by atoms with Crippen LogP contribution in [0.2, 0.25) is 0 Å². The van der Waals surface area contributed by atoms with Gasteiger partial charge < -0.3 is 15.0 Å². The predicted octanol–water partition coefficient (Wildman–Crippen LogP) is 4.52. The number of rotatable bonds is 5. The molecule has 0 saturated heterocycles. The van der Waals surface area contributed by atoms with Gasteiger partial charge in [0, 0.05) is 44.6 Å². The number of H-pyrrole nitrogens is 1.